The topological polar surface area (TPSA) is 32.6 Å². The summed E-state index contributed by atoms with van der Waals surface area (Å²) < 4.78 is 13.0. The van der Waals surface area contributed by atoms with E-state index in [0.29, 0.717) is 0 Å². The largest absolute Gasteiger partial charge is 0.411 e. The first-order valence-corrected chi connectivity index (χ1v) is 7.40. The summed E-state index contributed by atoms with van der Waals surface area (Å²) in [5, 5.41) is 12.7. The molecule has 0 saturated heterocycles. The minimum atomic E-state index is -0.228. The Balaban J connectivity index is 2.06. The molecule has 0 radical (unpaired) electrons. The number of rotatable bonds is 1. The number of nitrogens with zero attached hydrogens (tertiary/aromatic N) is 1. The van der Waals surface area contributed by atoms with E-state index in [1.165, 1.54) is 17.0 Å². The van der Waals surface area contributed by atoms with Crippen LogP contribution in [0.2, 0.25) is 0 Å². The van der Waals surface area contributed by atoms with E-state index in [0.717, 1.165) is 34.6 Å². The third-order valence-electron chi connectivity index (χ3n) is 3.65. The minimum absolute atomic E-state index is 0.111. The molecule has 1 heterocycles. The van der Waals surface area contributed by atoms with Crippen LogP contribution in [0.15, 0.2) is 35.5 Å². The van der Waals surface area contributed by atoms with Gasteiger partial charge in [-0.2, -0.15) is 0 Å². The van der Waals surface area contributed by atoms with Crippen molar-refractivity contribution in [3.63, 3.8) is 0 Å². The maximum Gasteiger partial charge on any atom is 0.123 e. The molecule has 0 saturated carbocycles. The van der Waals surface area contributed by atoms with Crippen molar-refractivity contribution >= 4 is 17.0 Å². The van der Waals surface area contributed by atoms with Crippen LogP contribution < -0.4 is 0 Å². The zero-order chi connectivity index (χ0) is 14.3. The molecule has 0 aliphatic heterocycles. The van der Waals surface area contributed by atoms with Crippen molar-refractivity contribution in [3.8, 4) is 10.4 Å². The van der Waals surface area contributed by atoms with Crippen LogP contribution in [0, 0.1) is 11.2 Å². The minimum Gasteiger partial charge on any atom is -0.411 e. The molecule has 2 aromatic rings. The molecule has 0 fully saturated rings. The van der Waals surface area contributed by atoms with Crippen molar-refractivity contribution in [2.24, 2.45) is 10.6 Å². The van der Waals surface area contributed by atoms with E-state index in [-0.39, 0.29) is 11.2 Å². The SMILES string of the molecule is CC1(C)C/C(=N\O)c2cc(-c3ccc(F)cc3)sc2C1. The molecular weight excluding hydrogens is 273 g/mol. The maximum absolute atomic E-state index is 13.0. The summed E-state index contributed by atoms with van der Waals surface area (Å²) in [6.45, 7) is 4.36. The molecule has 1 aromatic heterocycles. The lowest BCUT2D eigenvalue weighted by Gasteiger charge is -2.29. The number of hydrogen-bond donors (Lipinski definition) is 1. The second-order valence-corrected chi connectivity index (χ2v) is 7.16. The Hall–Kier alpha value is -1.68. The molecule has 0 amide bonds. The van der Waals surface area contributed by atoms with Crippen molar-refractivity contribution in [2.75, 3.05) is 0 Å². The third-order valence-corrected chi connectivity index (χ3v) is 4.84. The van der Waals surface area contributed by atoms with Gasteiger partial charge in [0.25, 0.3) is 0 Å². The van der Waals surface area contributed by atoms with Gasteiger partial charge in [0.05, 0.1) is 5.71 Å². The zero-order valence-electron chi connectivity index (χ0n) is 11.5. The number of thiophene rings is 1. The maximum atomic E-state index is 13.0. The third kappa shape index (κ3) is 2.36. The molecule has 104 valence electrons. The van der Waals surface area contributed by atoms with Crippen LogP contribution in [0.4, 0.5) is 4.39 Å². The summed E-state index contributed by atoms with van der Waals surface area (Å²) in [5.41, 5.74) is 2.90. The fourth-order valence-electron chi connectivity index (χ4n) is 2.70. The molecule has 3 rings (SSSR count). The Morgan fingerprint density at radius 1 is 1.20 bits per heavy atom. The predicted molar refractivity (Wildman–Crippen MR) is 80.1 cm³/mol. The highest BCUT2D eigenvalue weighted by atomic mass is 32.1. The second kappa shape index (κ2) is 4.70. The summed E-state index contributed by atoms with van der Waals surface area (Å²) in [7, 11) is 0. The first kappa shape index (κ1) is 13.3. The lowest BCUT2D eigenvalue weighted by atomic mass is 9.76. The van der Waals surface area contributed by atoms with Crippen molar-refractivity contribution in [1.82, 2.24) is 0 Å². The van der Waals surface area contributed by atoms with Crippen molar-refractivity contribution in [1.29, 1.82) is 0 Å². The van der Waals surface area contributed by atoms with Gasteiger partial charge in [-0.25, -0.2) is 4.39 Å². The molecular formula is C16H16FNOS. The van der Waals surface area contributed by atoms with Gasteiger partial charge in [0, 0.05) is 15.3 Å². The van der Waals surface area contributed by atoms with Gasteiger partial charge < -0.3 is 5.21 Å². The van der Waals surface area contributed by atoms with Crippen LogP contribution in [0.1, 0.15) is 30.7 Å². The number of fused-ring (bicyclic) bond motifs is 1. The van der Waals surface area contributed by atoms with Gasteiger partial charge in [0.15, 0.2) is 0 Å². The standard InChI is InChI=1S/C16H16FNOS/c1-16(2)8-13(18-19)12-7-14(20-15(12)9-16)10-3-5-11(17)6-4-10/h3-7,19H,8-9H2,1-2H3/b18-13+. The van der Waals surface area contributed by atoms with Crippen molar-refractivity contribution in [3.05, 3.63) is 46.6 Å². The molecule has 20 heavy (non-hydrogen) atoms. The molecule has 0 unspecified atom stereocenters. The van der Waals surface area contributed by atoms with Gasteiger partial charge in [0.2, 0.25) is 0 Å². The van der Waals surface area contributed by atoms with Gasteiger partial charge in [-0.15, -0.1) is 11.3 Å². The molecule has 2 nitrogen and oxygen atoms in total. The van der Waals surface area contributed by atoms with Crippen LogP contribution in [0.5, 0.6) is 0 Å². The number of oxime groups is 1. The number of benzene rings is 1. The number of hydrogen-bond acceptors (Lipinski definition) is 3. The first-order chi connectivity index (χ1) is 9.48. The second-order valence-electron chi connectivity index (χ2n) is 6.02. The van der Waals surface area contributed by atoms with E-state index in [4.69, 9.17) is 0 Å². The number of halogens is 1. The van der Waals surface area contributed by atoms with Gasteiger partial charge in [-0.3, -0.25) is 0 Å². The quantitative estimate of drug-likeness (QED) is 0.598. The molecule has 0 atom stereocenters. The Morgan fingerprint density at radius 2 is 1.90 bits per heavy atom. The average molecular weight is 289 g/mol. The summed E-state index contributed by atoms with van der Waals surface area (Å²) in [4.78, 5) is 2.34. The van der Waals surface area contributed by atoms with E-state index < -0.39 is 0 Å². The van der Waals surface area contributed by atoms with Gasteiger partial charge >= 0.3 is 0 Å². The fraction of sp³-hybridized carbons (Fsp3) is 0.312. The zero-order valence-corrected chi connectivity index (χ0v) is 12.3. The predicted octanol–water partition coefficient (Wildman–Crippen LogP) is 4.70. The smallest absolute Gasteiger partial charge is 0.123 e. The lowest BCUT2D eigenvalue weighted by Crippen LogP contribution is -2.26. The summed E-state index contributed by atoms with van der Waals surface area (Å²) >= 11 is 1.70. The van der Waals surface area contributed by atoms with E-state index in [1.54, 1.807) is 23.5 Å². The molecule has 1 N–H and O–H groups in total. The van der Waals surface area contributed by atoms with E-state index in [1.807, 2.05) is 0 Å². The Morgan fingerprint density at radius 3 is 2.55 bits per heavy atom. The highest BCUT2D eigenvalue weighted by Gasteiger charge is 2.31. The monoisotopic (exact) mass is 289 g/mol. The normalized spacial score (nSPS) is 19.1. The van der Waals surface area contributed by atoms with Gasteiger partial charge in [-0.05, 0) is 42.0 Å². The van der Waals surface area contributed by atoms with Crippen molar-refractivity contribution in [2.45, 2.75) is 26.7 Å². The van der Waals surface area contributed by atoms with Gasteiger partial charge in [-0.1, -0.05) is 31.1 Å². The van der Waals surface area contributed by atoms with E-state index in [2.05, 4.69) is 25.1 Å². The van der Waals surface area contributed by atoms with Crippen molar-refractivity contribution < 1.29 is 9.60 Å². The lowest BCUT2D eigenvalue weighted by molar-refractivity contribution is 0.307. The Kier molecular flexibility index (Phi) is 3.13. The molecule has 0 bridgehead atoms. The fourth-order valence-corrected chi connectivity index (χ4v) is 4.14. The molecule has 1 aliphatic carbocycles. The molecule has 1 aromatic carbocycles. The summed E-state index contributed by atoms with van der Waals surface area (Å²) in [5.74, 6) is -0.228. The molecule has 0 spiro atoms. The van der Waals surface area contributed by atoms with Crippen LogP contribution in [0.3, 0.4) is 0 Å². The molecule has 4 heteroatoms. The Labute approximate surface area is 121 Å². The average Bonchev–Trinajstić information content (AvgIpc) is 2.80. The Bertz CT molecular complexity index is 670. The van der Waals surface area contributed by atoms with Crippen LogP contribution >= 0.6 is 11.3 Å². The van der Waals surface area contributed by atoms with E-state index in [9.17, 15) is 9.60 Å². The summed E-state index contributed by atoms with van der Waals surface area (Å²) in [6, 6.07) is 8.57. The highest BCUT2D eigenvalue weighted by molar-refractivity contribution is 7.15. The summed E-state index contributed by atoms with van der Waals surface area (Å²) in [6.07, 6.45) is 1.75. The van der Waals surface area contributed by atoms with Crippen LogP contribution in [-0.4, -0.2) is 10.9 Å². The van der Waals surface area contributed by atoms with Gasteiger partial charge in [0.1, 0.15) is 5.82 Å². The van der Waals surface area contributed by atoms with Crippen LogP contribution in [0.25, 0.3) is 10.4 Å². The highest BCUT2D eigenvalue weighted by Crippen LogP contribution is 2.42. The first-order valence-electron chi connectivity index (χ1n) is 6.58. The molecule has 1 aliphatic rings. The van der Waals surface area contributed by atoms with Crippen LogP contribution in [-0.2, 0) is 6.42 Å². The van der Waals surface area contributed by atoms with E-state index >= 15 is 0 Å².